The highest BCUT2D eigenvalue weighted by Crippen LogP contribution is 2.10. The summed E-state index contributed by atoms with van der Waals surface area (Å²) in [6.45, 7) is 3.84. The number of carbonyl (C=O) groups is 2. The van der Waals surface area contributed by atoms with Gasteiger partial charge in [0.15, 0.2) is 0 Å². The van der Waals surface area contributed by atoms with Crippen LogP contribution in [0.15, 0.2) is 0 Å². The Balaban J connectivity index is 3.17. The predicted molar refractivity (Wildman–Crippen MR) is 76.8 cm³/mol. The maximum absolute atomic E-state index is 11.5. The standard InChI is InChI=1S/C16H30O2/c1-3-4-5-10-13-16(18)14-11-8-6-7-9-12-15(2)17/h3-14H2,1-2H3. The largest absolute Gasteiger partial charge is 0.300 e. The van der Waals surface area contributed by atoms with Crippen LogP contribution in [0.2, 0.25) is 0 Å². The van der Waals surface area contributed by atoms with Crippen LogP contribution in [0.1, 0.15) is 90.9 Å². The zero-order valence-electron chi connectivity index (χ0n) is 12.3. The number of ketones is 2. The summed E-state index contributed by atoms with van der Waals surface area (Å²) in [5, 5.41) is 0. The van der Waals surface area contributed by atoms with Crippen LogP contribution in [0.5, 0.6) is 0 Å². The molecule has 0 fully saturated rings. The van der Waals surface area contributed by atoms with Crippen molar-refractivity contribution in [3.05, 3.63) is 0 Å². The third kappa shape index (κ3) is 13.4. The zero-order valence-corrected chi connectivity index (χ0v) is 12.3. The molecule has 0 aliphatic rings. The van der Waals surface area contributed by atoms with Gasteiger partial charge in [0.05, 0.1) is 0 Å². The third-order valence-corrected chi connectivity index (χ3v) is 3.29. The molecule has 0 radical (unpaired) electrons. The summed E-state index contributed by atoms with van der Waals surface area (Å²) < 4.78 is 0. The van der Waals surface area contributed by atoms with Gasteiger partial charge in [0.25, 0.3) is 0 Å². The lowest BCUT2D eigenvalue weighted by molar-refractivity contribution is -0.119. The van der Waals surface area contributed by atoms with Gasteiger partial charge in [-0.05, 0) is 26.2 Å². The van der Waals surface area contributed by atoms with E-state index in [1.54, 1.807) is 6.92 Å². The fraction of sp³-hybridized carbons (Fsp3) is 0.875. The summed E-state index contributed by atoms with van der Waals surface area (Å²) in [7, 11) is 0. The first kappa shape index (κ1) is 17.3. The van der Waals surface area contributed by atoms with E-state index in [1.807, 2.05) is 0 Å². The Morgan fingerprint density at radius 3 is 1.61 bits per heavy atom. The van der Waals surface area contributed by atoms with Crippen LogP contribution in [0.3, 0.4) is 0 Å². The molecular formula is C16H30O2. The predicted octanol–water partition coefficient (Wildman–Crippen LogP) is 4.85. The van der Waals surface area contributed by atoms with E-state index in [0.717, 1.165) is 57.8 Å². The van der Waals surface area contributed by atoms with Crippen LogP contribution in [-0.4, -0.2) is 11.6 Å². The fourth-order valence-corrected chi connectivity index (χ4v) is 2.10. The maximum atomic E-state index is 11.5. The summed E-state index contributed by atoms with van der Waals surface area (Å²) in [6.07, 6.45) is 12.5. The minimum absolute atomic E-state index is 0.289. The second kappa shape index (κ2) is 12.8. The number of unbranched alkanes of at least 4 members (excludes halogenated alkanes) is 7. The van der Waals surface area contributed by atoms with Crippen molar-refractivity contribution < 1.29 is 9.59 Å². The molecule has 0 aromatic heterocycles. The number of Topliss-reactive ketones (excluding diaryl/α,β-unsaturated/α-hetero) is 2. The smallest absolute Gasteiger partial charge is 0.132 e. The minimum Gasteiger partial charge on any atom is -0.300 e. The molecule has 0 rings (SSSR count). The first-order chi connectivity index (χ1) is 8.66. The van der Waals surface area contributed by atoms with Gasteiger partial charge in [0.2, 0.25) is 0 Å². The summed E-state index contributed by atoms with van der Waals surface area (Å²) >= 11 is 0. The second-order valence-corrected chi connectivity index (χ2v) is 5.32. The zero-order chi connectivity index (χ0) is 13.6. The average molecular weight is 254 g/mol. The molecule has 0 aromatic carbocycles. The summed E-state index contributed by atoms with van der Waals surface area (Å²) in [4.78, 5) is 22.3. The van der Waals surface area contributed by atoms with Crippen LogP contribution in [0.25, 0.3) is 0 Å². The van der Waals surface area contributed by atoms with Gasteiger partial charge in [0, 0.05) is 19.3 Å². The molecule has 0 saturated heterocycles. The maximum Gasteiger partial charge on any atom is 0.132 e. The summed E-state index contributed by atoms with van der Waals surface area (Å²) in [6, 6.07) is 0. The van der Waals surface area contributed by atoms with Crippen LogP contribution in [0.4, 0.5) is 0 Å². The minimum atomic E-state index is 0.289. The van der Waals surface area contributed by atoms with Gasteiger partial charge in [-0.15, -0.1) is 0 Å². The average Bonchev–Trinajstić information content (AvgIpc) is 2.33. The quantitative estimate of drug-likeness (QED) is 0.440. The molecular weight excluding hydrogens is 224 g/mol. The Kier molecular flexibility index (Phi) is 12.3. The number of rotatable bonds is 13. The lowest BCUT2D eigenvalue weighted by Crippen LogP contribution is -1.97. The Bertz CT molecular complexity index is 221. The van der Waals surface area contributed by atoms with Crippen molar-refractivity contribution in [2.24, 2.45) is 0 Å². The van der Waals surface area contributed by atoms with E-state index in [0.29, 0.717) is 5.78 Å². The molecule has 0 aliphatic carbocycles. The highest BCUT2D eigenvalue weighted by Gasteiger charge is 2.01. The second-order valence-electron chi connectivity index (χ2n) is 5.32. The molecule has 0 saturated carbocycles. The Morgan fingerprint density at radius 2 is 1.11 bits per heavy atom. The Labute approximate surface area is 113 Å². The molecule has 0 spiro atoms. The first-order valence-corrected chi connectivity index (χ1v) is 7.68. The van der Waals surface area contributed by atoms with Gasteiger partial charge in [-0.3, -0.25) is 4.79 Å². The third-order valence-electron chi connectivity index (χ3n) is 3.29. The van der Waals surface area contributed by atoms with Crippen molar-refractivity contribution in [1.82, 2.24) is 0 Å². The number of hydrogen-bond acceptors (Lipinski definition) is 2. The van der Waals surface area contributed by atoms with Gasteiger partial charge < -0.3 is 4.79 Å². The number of hydrogen-bond donors (Lipinski definition) is 0. The van der Waals surface area contributed by atoms with Crippen molar-refractivity contribution in [2.45, 2.75) is 90.9 Å². The van der Waals surface area contributed by atoms with E-state index in [-0.39, 0.29) is 5.78 Å². The molecule has 0 N–H and O–H groups in total. The van der Waals surface area contributed by atoms with Gasteiger partial charge in [-0.25, -0.2) is 0 Å². The van der Waals surface area contributed by atoms with Crippen LogP contribution in [-0.2, 0) is 9.59 Å². The molecule has 0 aromatic rings. The molecule has 0 heterocycles. The highest BCUT2D eigenvalue weighted by molar-refractivity contribution is 5.78. The van der Waals surface area contributed by atoms with E-state index in [9.17, 15) is 9.59 Å². The molecule has 0 amide bonds. The lowest BCUT2D eigenvalue weighted by Gasteiger charge is -2.02. The molecule has 0 atom stereocenters. The number of carbonyl (C=O) groups excluding carboxylic acids is 2. The molecule has 106 valence electrons. The SMILES string of the molecule is CCCCCCC(=O)CCCCCCCC(C)=O. The normalized spacial score (nSPS) is 10.6. The van der Waals surface area contributed by atoms with Crippen molar-refractivity contribution in [1.29, 1.82) is 0 Å². The fourth-order valence-electron chi connectivity index (χ4n) is 2.10. The monoisotopic (exact) mass is 254 g/mol. The molecule has 2 heteroatoms. The van der Waals surface area contributed by atoms with Crippen molar-refractivity contribution >= 4 is 11.6 Å². The van der Waals surface area contributed by atoms with Crippen molar-refractivity contribution in [3.63, 3.8) is 0 Å². The molecule has 2 nitrogen and oxygen atoms in total. The Morgan fingerprint density at radius 1 is 0.667 bits per heavy atom. The molecule has 0 unspecified atom stereocenters. The summed E-state index contributed by atoms with van der Waals surface area (Å²) in [5.41, 5.74) is 0. The van der Waals surface area contributed by atoms with Gasteiger partial charge in [-0.1, -0.05) is 45.4 Å². The van der Waals surface area contributed by atoms with Crippen molar-refractivity contribution in [2.75, 3.05) is 0 Å². The van der Waals surface area contributed by atoms with E-state index in [1.165, 1.54) is 19.3 Å². The topological polar surface area (TPSA) is 34.1 Å². The highest BCUT2D eigenvalue weighted by atomic mass is 16.1. The Hall–Kier alpha value is -0.660. The van der Waals surface area contributed by atoms with Gasteiger partial charge >= 0.3 is 0 Å². The molecule has 0 aliphatic heterocycles. The van der Waals surface area contributed by atoms with E-state index in [4.69, 9.17) is 0 Å². The van der Waals surface area contributed by atoms with Gasteiger partial charge in [0.1, 0.15) is 11.6 Å². The molecule has 18 heavy (non-hydrogen) atoms. The van der Waals surface area contributed by atoms with Crippen LogP contribution in [0, 0.1) is 0 Å². The van der Waals surface area contributed by atoms with Crippen molar-refractivity contribution in [3.8, 4) is 0 Å². The van der Waals surface area contributed by atoms with Gasteiger partial charge in [-0.2, -0.15) is 0 Å². The van der Waals surface area contributed by atoms with Crippen LogP contribution < -0.4 is 0 Å². The van der Waals surface area contributed by atoms with Crippen LogP contribution >= 0.6 is 0 Å². The molecule has 0 bridgehead atoms. The van der Waals surface area contributed by atoms with E-state index < -0.39 is 0 Å². The van der Waals surface area contributed by atoms with E-state index >= 15 is 0 Å². The van der Waals surface area contributed by atoms with E-state index in [2.05, 4.69) is 6.92 Å². The summed E-state index contributed by atoms with van der Waals surface area (Å²) in [5.74, 6) is 0.729. The first-order valence-electron chi connectivity index (χ1n) is 7.68. The lowest BCUT2D eigenvalue weighted by atomic mass is 10.0.